The van der Waals surface area contributed by atoms with Gasteiger partial charge >= 0.3 is 5.97 Å². The Labute approximate surface area is 124 Å². The number of nitrogens with one attached hydrogen (secondary N) is 1. The second kappa shape index (κ2) is 6.04. The number of carboxylic acids is 1. The molecule has 0 aliphatic carbocycles. The van der Waals surface area contributed by atoms with Gasteiger partial charge in [0, 0.05) is 11.4 Å². The van der Waals surface area contributed by atoms with Crippen LogP contribution in [0.1, 0.15) is 22.8 Å². The van der Waals surface area contributed by atoms with Crippen molar-refractivity contribution in [1.82, 2.24) is 4.72 Å². The Kier molecular flexibility index (Phi) is 4.59. The second-order valence-electron chi connectivity index (χ2n) is 4.32. The molecule has 2 aromatic heterocycles. The van der Waals surface area contributed by atoms with Crippen LogP contribution in [0.15, 0.2) is 32.5 Å². The van der Waals surface area contributed by atoms with Crippen LogP contribution in [0, 0.1) is 0 Å². The molecule has 108 valence electrons. The van der Waals surface area contributed by atoms with Crippen LogP contribution in [-0.4, -0.2) is 25.5 Å². The molecular formula is C12H13NO4S3. The highest BCUT2D eigenvalue weighted by Crippen LogP contribution is 2.21. The lowest BCUT2D eigenvalue weighted by Crippen LogP contribution is -2.33. The molecule has 0 radical (unpaired) electrons. The van der Waals surface area contributed by atoms with E-state index in [4.69, 9.17) is 5.11 Å². The summed E-state index contributed by atoms with van der Waals surface area (Å²) in [4.78, 5) is 10.8. The molecule has 20 heavy (non-hydrogen) atoms. The zero-order chi connectivity index (χ0) is 14.8. The lowest BCUT2D eigenvalue weighted by Gasteiger charge is -2.12. The number of thiophene rings is 2. The van der Waals surface area contributed by atoms with Gasteiger partial charge in [0.05, 0.1) is 5.56 Å². The SMILES string of the molecule is CC(Cc1ccsc1)NS(=O)(=O)c1cc(C(=O)O)cs1. The van der Waals surface area contributed by atoms with Gasteiger partial charge in [0.15, 0.2) is 0 Å². The van der Waals surface area contributed by atoms with E-state index in [0.717, 1.165) is 16.9 Å². The predicted octanol–water partition coefficient (Wildman–Crippen LogP) is 2.42. The highest BCUT2D eigenvalue weighted by Gasteiger charge is 2.21. The molecule has 1 unspecified atom stereocenters. The molecule has 0 aliphatic rings. The first-order valence-corrected chi connectivity index (χ1v) is 9.04. The fourth-order valence-electron chi connectivity index (χ4n) is 1.70. The maximum Gasteiger partial charge on any atom is 0.336 e. The molecular weight excluding hydrogens is 318 g/mol. The van der Waals surface area contributed by atoms with Gasteiger partial charge < -0.3 is 5.11 Å². The maximum atomic E-state index is 12.1. The standard InChI is InChI=1S/C12H13NO4S3/c1-8(4-9-2-3-18-6-9)13-20(16,17)11-5-10(7-19-11)12(14)15/h2-3,5-8,13H,4H2,1H3,(H,14,15). The van der Waals surface area contributed by atoms with Crippen molar-refractivity contribution in [2.45, 2.75) is 23.6 Å². The minimum atomic E-state index is -3.67. The van der Waals surface area contributed by atoms with E-state index in [0.29, 0.717) is 6.42 Å². The van der Waals surface area contributed by atoms with Gasteiger partial charge in [-0.25, -0.2) is 17.9 Å². The number of hydrogen-bond donors (Lipinski definition) is 2. The lowest BCUT2D eigenvalue weighted by atomic mass is 10.1. The van der Waals surface area contributed by atoms with Crippen LogP contribution < -0.4 is 4.72 Å². The molecule has 0 spiro atoms. The number of sulfonamides is 1. The van der Waals surface area contributed by atoms with Crippen LogP contribution in [-0.2, 0) is 16.4 Å². The fraction of sp³-hybridized carbons (Fsp3) is 0.250. The Morgan fingerprint density at radius 1 is 1.45 bits per heavy atom. The van der Waals surface area contributed by atoms with E-state index in [1.165, 1.54) is 11.4 Å². The molecule has 2 heterocycles. The first kappa shape index (κ1) is 15.2. The van der Waals surface area contributed by atoms with Crippen molar-refractivity contribution in [1.29, 1.82) is 0 Å². The summed E-state index contributed by atoms with van der Waals surface area (Å²) in [6.45, 7) is 1.78. The van der Waals surface area contributed by atoms with E-state index >= 15 is 0 Å². The zero-order valence-electron chi connectivity index (χ0n) is 10.6. The molecule has 8 heteroatoms. The zero-order valence-corrected chi connectivity index (χ0v) is 13.0. The summed E-state index contributed by atoms with van der Waals surface area (Å²) < 4.78 is 26.8. The summed E-state index contributed by atoms with van der Waals surface area (Å²) in [5.74, 6) is -1.13. The minimum Gasteiger partial charge on any atom is -0.478 e. The molecule has 5 nitrogen and oxygen atoms in total. The normalized spacial score (nSPS) is 13.2. The molecule has 2 N–H and O–H groups in total. The molecule has 1 atom stereocenters. The Bertz CT molecular complexity index is 688. The second-order valence-corrected chi connectivity index (χ2v) is 7.95. The van der Waals surface area contributed by atoms with E-state index in [1.54, 1.807) is 18.3 Å². The third-order valence-electron chi connectivity index (χ3n) is 2.57. The minimum absolute atomic E-state index is 0.0131. The van der Waals surface area contributed by atoms with E-state index in [1.807, 2.05) is 16.8 Å². The van der Waals surface area contributed by atoms with Gasteiger partial charge in [0.1, 0.15) is 4.21 Å². The van der Waals surface area contributed by atoms with Gasteiger partial charge in [0.2, 0.25) is 10.0 Å². The Morgan fingerprint density at radius 3 is 2.75 bits per heavy atom. The Morgan fingerprint density at radius 2 is 2.20 bits per heavy atom. The van der Waals surface area contributed by atoms with Crippen molar-refractivity contribution in [2.24, 2.45) is 0 Å². The summed E-state index contributed by atoms with van der Waals surface area (Å²) in [7, 11) is -3.67. The summed E-state index contributed by atoms with van der Waals surface area (Å²) in [6.07, 6.45) is 0.597. The smallest absolute Gasteiger partial charge is 0.336 e. The van der Waals surface area contributed by atoms with Gasteiger partial charge in [-0.2, -0.15) is 11.3 Å². The van der Waals surface area contributed by atoms with Crippen LogP contribution in [0.2, 0.25) is 0 Å². The first-order valence-electron chi connectivity index (χ1n) is 5.74. The molecule has 0 aromatic carbocycles. The third kappa shape index (κ3) is 3.66. The number of rotatable bonds is 6. The molecule has 0 saturated heterocycles. The van der Waals surface area contributed by atoms with Crippen molar-refractivity contribution < 1.29 is 18.3 Å². The highest BCUT2D eigenvalue weighted by molar-refractivity contribution is 7.91. The Hall–Kier alpha value is -1.22. The fourth-order valence-corrected chi connectivity index (χ4v) is 4.79. The summed E-state index contributed by atoms with van der Waals surface area (Å²) in [5.41, 5.74) is 1.06. The quantitative estimate of drug-likeness (QED) is 0.851. The van der Waals surface area contributed by atoms with Crippen LogP contribution in [0.5, 0.6) is 0 Å². The van der Waals surface area contributed by atoms with Gasteiger partial charge in [0.25, 0.3) is 0 Å². The van der Waals surface area contributed by atoms with E-state index in [-0.39, 0.29) is 15.8 Å². The van der Waals surface area contributed by atoms with Crippen molar-refractivity contribution in [3.8, 4) is 0 Å². The third-order valence-corrected chi connectivity index (χ3v) is 6.33. The summed E-state index contributed by atoms with van der Waals surface area (Å²) in [5, 5.41) is 14.0. The average molecular weight is 331 g/mol. The molecule has 0 saturated carbocycles. The summed E-state index contributed by atoms with van der Waals surface area (Å²) in [6, 6.07) is 2.86. The highest BCUT2D eigenvalue weighted by atomic mass is 32.2. The van der Waals surface area contributed by atoms with E-state index in [9.17, 15) is 13.2 Å². The van der Waals surface area contributed by atoms with Crippen molar-refractivity contribution >= 4 is 38.7 Å². The van der Waals surface area contributed by atoms with Gasteiger partial charge in [-0.1, -0.05) is 0 Å². The topological polar surface area (TPSA) is 83.5 Å². The number of hydrogen-bond acceptors (Lipinski definition) is 5. The molecule has 2 rings (SSSR count). The largest absolute Gasteiger partial charge is 0.478 e. The number of aromatic carboxylic acids is 1. The van der Waals surface area contributed by atoms with Crippen LogP contribution >= 0.6 is 22.7 Å². The van der Waals surface area contributed by atoms with Gasteiger partial charge in [-0.3, -0.25) is 0 Å². The Balaban J connectivity index is 2.08. The number of carboxylic acid groups (broad SMARTS) is 1. The van der Waals surface area contributed by atoms with Crippen LogP contribution in [0.3, 0.4) is 0 Å². The lowest BCUT2D eigenvalue weighted by molar-refractivity contribution is 0.0697. The van der Waals surface area contributed by atoms with Crippen molar-refractivity contribution in [2.75, 3.05) is 0 Å². The monoisotopic (exact) mass is 331 g/mol. The molecule has 2 aromatic rings. The van der Waals surface area contributed by atoms with Crippen molar-refractivity contribution in [3.63, 3.8) is 0 Å². The molecule has 0 aliphatic heterocycles. The maximum absolute atomic E-state index is 12.1. The van der Waals surface area contributed by atoms with E-state index < -0.39 is 16.0 Å². The number of carbonyl (C=O) groups is 1. The van der Waals surface area contributed by atoms with Crippen LogP contribution in [0.4, 0.5) is 0 Å². The van der Waals surface area contributed by atoms with Crippen molar-refractivity contribution in [3.05, 3.63) is 39.4 Å². The predicted molar refractivity (Wildman–Crippen MR) is 79.1 cm³/mol. The average Bonchev–Trinajstić information content (AvgIpc) is 2.97. The van der Waals surface area contributed by atoms with Gasteiger partial charge in [-0.15, -0.1) is 11.3 Å². The van der Waals surface area contributed by atoms with Crippen LogP contribution in [0.25, 0.3) is 0 Å². The summed E-state index contributed by atoms with van der Waals surface area (Å²) >= 11 is 2.47. The molecule has 0 amide bonds. The van der Waals surface area contributed by atoms with E-state index in [2.05, 4.69) is 4.72 Å². The molecule has 0 bridgehead atoms. The molecule has 0 fully saturated rings. The first-order chi connectivity index (χ1) is 9.38. The van der Waals surface area contributed by atoms with Gasteiger partial charge in [-0.05, 0) is 41.8 Å².